The van der Waals surface area contributed by atoms with Crippen molar-refractivity contribution in [1.82, 2.24) is 15.2 Å². The van der Waals surface area contributed by atoms with Crippen LogP contribution in [0.1, 0.15) is 38.1 Å². The Morgan fingerprint density at radius 2 is 1.83 bits per heavy atom. The van der Waals surface area contributed by atoms with Gasteiger partial charge in [0.05, 0.1) is 10.2 Å². The second-order valence-corrected chi connectivity index (χ2v) is 9.97. The summed E-state index contributed by atoms with van der Waals surface area (Å²) < 4.78 is 2.31. The Hall–Kier alpha value is -2.28. The molecule has 0 radical (unpaired) electrons. The second-order valence-electron chi connectivity index (χ2n) is 8.03. The highest BCUT2D eigenvalue weighted by molar-refractivity contribution is 7.22. The molecule has 1 N–H and O–H groups in total. The Kier molecular flexibility index (Phi) is 6.18. The number of thiazole rings is 1. The third-order valence-corrected chi connectivity index (χ3v) is 7.36. The molecule has 0 aliphatic heterocycles. The van der Waals surface area contributed by atoms with Crippen LogP contribution < -0.4 is 5.32 Å². The molecule has 30 heavy (non-hydrogen) atoms. The number of carbonyl (C=O) groups is 1. The molecule has 0 saturated heterocycles. The average molecular weight is 438 g/mol. The van der Waals surface area contributed by atoms with E-state index in [0.717, 1.165) is 21.8 Å². The van der Waals surface area contributed by atoms with E-state index in [1.165, 1.54) is 15.6 Å². The lowest BCUT2D eigenvalue weighted by Crippen LogP contribution is -2.42. The molecule has 0 unspecified atom stereocenters. The number of benzene rings is 2. The lowest BCUT2D eigenvalue weighted by molar-refractivity contribution is 0.0939. The van der Waals surface area contributed by atoms with E-state index in [1.54, 1.807) is 22.7 Å². The first-order chi connectivity index (χ1) is 14.4. The number of hydrogen-bond donors (Lipinski definition) is 1. The second kappa shape index (κ2) is 8.84. The van der Waals surface area contributed by atoms with Gasteiger partial charge in [-0.15, -0.1) is 22.7 Å². The molecule has 6 heteroatoms. The molecule has 0 aliphatic carbocycles. The van der Waals surface area contributed by atoms with E-state index < -0.39 is 0 Å². The van der Waals surface area contributed by atoms with Gasteiger partial charge in [-0.2, -0.15) is 0 Å². The molecule has 156 valence electrons. The number of rotatable bonds is 7. The SMILES string of the molecule is CC(C)N(CCNC(=O)c1ccc2nc(-c3csc4ccccc34)sc2c1)C(C)C. The van der Waals surface area contributed by atoms with E-state index in [9.17, 15) is 4.79 Å². The number of carbonyl (C=O) groups excluding carboxylic acids is 1. The fraction of sp³-hybridized carbons (Fsp3) is 0.333. The Labute approximate surface area is 185 Å². The van der Waals surface area contributed by atoms with Gasteiger partial charge in [-0.1, -0.05) is 18.2 Å². The van der Waals surface area contributed by atoms with E-state index in [2.05, 4.69) is 67.6 Å². The van der Waals surface area contributed by atoms with E-state index in [4.69, 9.17) is 4.98 Å². The monoisotopic (exact) mass is 437 g/mol. The molecule has 4 rings (SSSR count). The van der Waals surface area contributed by atoms with Crippen LogP contribution in [0, 0.1) is 0 Å². The van der Waals surface area contributed by atoms with Crippen LogP contribution in [0.2, 0.25) is 0 Å². The molecule has 4 aromatic rings. The van der Waals surface area contributed by atoms with Gasteiger partial charge in [0.15, 0.2) is 0 Å². The molecule has 0 spiro atoms. The van der Waals surface area contributed by atoms with Crippen molar-refractivity contribution in [2.75, 3.05) is 13.1 Å². The average Bonchev–Trinajstić information content (AvgIpc) is 3.33. The van der Waals surface area contributed by atoms with Crippen molar-refractivity contribution in [2.24, 2.45) is 0 Å². The van der Waals surface area contributed by atoms with Crippen molar-refractivity contribution in [3.63, 3.8) is 0 Å². The first-order valence-corrected chi connectivity index (χ1v) is 12.0. The van der Waals surface area contributed by atoms with Crippen LogP contribution in [0.15, 0.2) is 47.8 Å². The highest BCUT2D eigenvalue weighted by Crippen LogP contribution is 2.38. The van der Waals surface area contributed by atoms with Crippen LogP contribution in [0.4, 0.5) is 0 Å². The summed E-state index contributed by atoms with van der Waals surface area (Å²) in [5.74, 6) is -0.0275. The maximum atomic E-state index is 12.7. The molecular weight excluding hydrogens is 410 g/mol. The lowest BCUT2D eigenvalue weighted by Gasteiger charge is -2.30. The minimum atomic E-state index is -0.0275. The molecule has 2 heterocycles. The van der Waals surface area contributed by atoms with E-state index in [-0.39, 0.29) is 5.91 Å². The first-order valence-electron chi connectivity index (χ1n) is 10.3. The van der Waals surface area contributed by atoms with Crippen LogP contribution in [-0.4, -0.2) is 41.0 Å². The summed E-state index contributed by atoms with van der Waals surface area (Å²) >= 11 is 3.39. The largest absolute Gasteiger partial charge is 0.351 e. The molecular formula is C24H27N3OS2. The molecule has 2 aromatic heterocycles. The molecule has 0 atom stereocenters. The number of fused-ring (bicyclic) bond motifs is 2. The molecule has 0 bridgehead atoms. The van der Waals surface area contributed by atoms with Gasteiger partial charge in [-0.05, 0) is 52.0 Å². The highest BCUT2D eigenvalue weighted by Gasteiger charge is 2.15. The zero-order valence-corrected chi connectivity index (χ0v) is 19.4. The van der Waals surface area contributed by atoms with Crippen molar-refractivity contribution < 1.29 is 4.79 Å². The normalized spacial score (nSPS) is 12.0. The number of nitrogens with one attached hydrogen (secondary N) is 1. The Balaban J connectivity index is 1.50. The number of thiophene rings is 1. The van der Waals surface area contributed by atoms with Gasteiger partial charge >= 0.3 is 0 Å². The minimum Gasteiger partial charge on any atom is -0.351 e. The smallest absolute Gasteiger partial charge is 0.251 e. The molecule has 4 nitrogen and oxygen atoms in total. The van der Waals surface area contributed by atoms with Crippen LogP contribution in [0.3, 0.4) is 0 Å². The van der Waals surface area contributed by atoms with Crippen LogP contribution in [-0.2, 0) is 0 Å². The number of amides is 1. The van der Waals surface area contributed by atoms with Crippen LogP contribution >= 0.6 is 22.7 Å². The van der Waals surface area contributed by atoms with Crippen LogP contribution in [0.5, 0.6) is 0 Å². The minimum absolute atomic E-state index is 0.0275. The highest BCUT2D eigenvalue weighted by atomic mass is 32.1. The van der Waals surface area contributed by atoms with Gasteiger partial charge in [-0.25, -0.2) is 4.98 Å². The summed E-state index contributed by atoms with van der Waals surface area (Å²) in [6.45, 7) is 10.2. The van der Waals surface area contributed by atoms with Gasteiger partial charge in [0.1, 0.15) is 5.01 Å². The van der Waals surface area contributed by atoms with Crippen molar-refractivity contribution >= 4 is 48.9 Å². The van der Waals surface area contributed by atoms with Crippen molar-refractivity contribution in [3.8, 4) is 10.6 Å². The molecule has 0 saturated carbocycles. The van der Waals surface area contributed by atoms with E-state index in [1.807, 2.05) is 18.2 Å². The quantitative estimate of drug-likeness (QED) is 0.384. The van der Waals surface area contributed by atoms with Gasteiger partial charge in [0, 0.05) is 51.8 Å². The molecule has 0 aliphatic rings. The van der Waals surface area contributed by atoms with Gasteiger partial charge < -0.3 is 5.32 Å². The third kappa shape index (κ3) is 4.26. The lowest BCUT2D eigenvalue weighted by atomic mass is 10.2. The Bertz CT molecular complexity index is 1170. The standard InChI is InChI=1S/C24H27N3OS2/c1-15(2)27(16(3)4)12-11-25-23(28)17-9-10-20-22(13-17)30-24(26-20)19-14-29-21-8-6-5-7-18(19)21/h5-10,13-16H,11-12H2,1-4H3,(H,25,28). The number of hydrogen-bond acceptors (Lipinski definition) is 5. The van der Waals surface area contributed by atoms with Crippen molar-refractivity contribution in [2.45, 2.75) is 39.8 Å². The summed E-state index contributed by atoms with van der Waals surface area (Å²) in [6.07, 6.45) is 0. The summed E-state index contributed by atoms with van der Waals surface area (Å²) in [6, 6.07) is 15.1. The predicted octanol–water partition coefficient (Wildman–Crippen LogP) is 6.03. The number of nitrogens with zero attached hydrogens (tertiary/aromatic N) is 2. The fourth-order valence-electron chi connectivity index (χ4n) is 3.84. The summed E-state index contributed by atoms with van der Waals surface area (Å²) in [4.78, 5) is 19.9. The summed E-state index contributed by atoms with van der Waals surface area (Å²) in [5.41, 5.74) is 2.80. The summed E-state index contributed by atoms with van der Waals surface area (Å²) in [7, 11) is 0. The predicted molar refractivity (Wildman–Crippen MR) is 130 cm³/mol. The van der Waals surface area contributed by atoms with Crippen LogP contribution in [0.25, 0.3) is 30.9 Å². The first kappa shape index (κ1) is 21.0. The van der Waals surface area contributed by atoms with E-state index >= 15 is 0 Å². The maximum Gasteiger partial charge on any atom is 0.251 e. The molecule has 0 fully saturated rings. The number of aromatic nitrogens is 1. The van der Waals surface area contributed by atoms with E-state index in [0.29, 0.717) is 24.2 Å². The molecule has 1 amide bonds. The van der Waals surface area contributed by atoms with Gasteiger partial charge in [0.2, 0.25) is 0 Å². The topological polar surface area (TPSA) is 45.2 Å². The third-order valence-electron chi connectivity index (χ3n) is 5.34. The zero-order valence-electron chi connectivity index (χ0n) is 17.8. The van der Waals surface area contributed by atoms with Gasteiger partial charge in [0.25, 0.3) is 5.91 Å². The Morgan fingerprint density at radius 1 is 1.07 bits per heavy atom. The van der Waals surface area contributed by atoms with Gasteiger partial charge in [-0.3, -0.25) is 9.69 Å². The van der Waals surface area contributed by atoms with Crippen molar-refractivity contribution in [1.29, 1.82) is 0 Å². The maximum absolute atomic E-state index is 12.7. The summed E-state index contributed by atoms with van der Waals surface area (Å²) in [5, 5.41) is 7.48. The zero-order chi connectivity index (χ0) is 21.3. The Morgan fingerprint density at radius 3 is 2.60 bits per heavy atom. The van der Waals surface area contributed by atoms with Crippen molar-refractivity contribution in [3.05, 3.63) is 53.4 Å². The molecule has 2 aromatic carbocycles. The fourth-order valence-corrected chi connectivity index (χ4v) is 5.89.